The first kappa shape index (κ1) is 14.4. The minimum atomic E-state index is -2.16. The van der Waals surface area contributed by atoms with Crippen molar-refractivity contribution in [3.63, 3.8) is 0 Å². The number of likely N-dealkylation sites (tertiary alicyclic amines) is 1. The Labute approximate surface area is 123 Å². The van der Waals surface area contributed by atoms with Crippen molar-refractivity contribution in [3.05, 3.63) is 30.0 Å². The van der Waals surface area contributed by atoms with Gasteiger partial charge in [-0.1, -0.05) is 0 Å². The molecular formula is C14H17BN2O4. The fourth-order valence-corrected chi connectivity index (χ4v) is 2.96. The number of H-pyrrole nitrogens is 1. The molecule has 1 aromatic heterocycles. The zero-order valence-corrected chi connectivity index (χ0v) is 11.9. The minimum Gasteiger partial charge on any atom is -0.497 e. The molecule has 2 radical (unpaired) electrons. The highest BCUT2D eigenvalue weighted by atomic mass is 16.5. The molecule has 2 aromatic rings. The summed E-state index contributed by atoms with van der Waals surface area (Å²) in [5, 5.41) is 31.2. The van der Waals surface area contributed by atoms with Gasteiger partial charge in [0.05, 0.1) is 12.7 Å². The molecule has 0 bridgehead atoms. The van der Waals surface area contributed by atoms with Crippen molar-refractivity contribution < 1.29 is 20.1 Å². The van der Waals surface area contributed by atoms with Crippen LogP contribution in [0.3, 0.4) is 0 Å². The molecule has 0 aliphatic carbocycles. The summed E-state index contributed by atoms with van der Waals surface area (Å²) in [6.45, 7) is 0. The van der Waals surface area contributed by atoms with Crippen LogP contribution < -0.4 is 4.74 Å². The molecule has 21 heavy (non-hydrogen) atoms. The summed E-state index contributed by atoms with van der Waals surface area (Å²) in [7, 11) is 8.85. The van der Waals surface area contributed by atoms with Crippen LogP contribution in [0.25, 0.3) is 10.9 Å². The Morgan fingerprint density at radius 3 is 2.67 bits per heavy atom. The number of hydrogen-bond acceptors (Lipinski definition) is 5. The van der Waals surface area contributed by atoms with E-state index in [1.54, 1.807) is 13.3 Å². The van der Waals surface area contributed by atoms with Gasteiger partial charge < -0.3 is 25.0 Å². The predicted molar refractivity (Wildman–Crippen MR) is 77.8 cm³/mol. The van der Waals surface area contributed by atoms with Gasteiger partial charge in [0.15, 0.2) is 0 Å². The predicted octanol–water partition coefficient (Wildman–Crippen LogP) is 0.0486. The van der Waals surface area contributed by atoms with Crippen LogP contribution >= 0.6 is 0 Å². The first-order valence-corrected chi connectivity index (χ1v) is 6.62. The highest BCUT2D eigenvalue weighted by Gasteiger charge is 2.55. The van der Waals surface area contributed by atoms with Gasteiger partial charge in [0.25, 0.3) is 0 Å². The number of ether oxygens (including phenoxy) is 1. The molecule has 1 fully saturated rings. The Balaban J connectivity index is 2.12. The largest absolute Gasteiger partial charge is 0.497 e. The smallest absolute Gasteiger partial charge is 0.227 e. The number of hydrogen-bond donors (Lipinski definition) is 4. The molecule has 3 rings (SSSR count). The number of aromatic amines is 1. The Morgan fingerprint density at radius 2 is 2.10 bits per heavy atom. The average Bonchev–Trinajstić information content (AvgIpc) is 2.91. The van der Waals surface area contributed by atoms with Crippen LogP contribution in [-0.2, 0) is 0 Å². The lowest BCUT2D eigenvalue weighted by molar-refractivity contribution is -0.264. The molecule has 7 heteroatoms. The molecule has 2 unspecified atom stereocenters. The third-order valence-electron chi connectivity index (χ3n) is 4.36. The molecule has 1 aliphatic rings. The highest BCUT2D eigenvalue weighted by molar-refractivity contribution is 6.15. The number of aliphatic hydroxyl groups is 3. The second-order valence-electron chi connectivity index (χ2n) is 5.53. The lowest BCUT2D eigenvalue weighted by Crippen LogP contribution is -2.53. The number of rotatable bonds is 2. The number of nitrogens with zero attached hydrogens (tertiary/aromatic N) is 1. The van der Waals surface area contributed by atoms with Gasteiger partial charge in [-0.3, -0.25) is 0 Å². The van der Waals surface area contributed by atoms with Crippen molar-refractivity contribution in [2.45, 2.75) is 23.9 Å². The van der Waals surface area contributed by atoms with E-state index in [1.807, 2.05) is 18.2 Å². The molecular weight excluding hydrogens is 271 g/mol. The minimum absolute atomic E-state index is 0.0966. The average molecular weight is 288 g/mol. The fourth-order valence-electron chi connectivity index (χ4n) is 2.96. The van der Waals surface area contributed by atoms with Crippen LogP contribution in [0.2, 0.25) is 0 Å². The Bertz CT molecular complexity index is 683. The molecule has 1 aliphatic heterocycles. The second kappa shape index (κ2) is 4.48. The summed E-state index contributed by atoms with van der Waals surface area (Å²) in [6.07, 6.45) is 1.63. The van der Waals surface area contributed by atoms with Gasteiger partial charge in [-0.15, -0.1) is 0 Å². The van der Waals surface area contributed by atoms with E-state index in [1.165, 1.54) is 7.05 Å². The van der Waals surface area contributed by atoms with E-state index in [0.717, 1.165) is 15.8 Å². The lowest BCUT2D eigenvalue weighted by Gasteiger charge is -2.35. The van der Waals surface area contributed by atoms with Crippen LogP contribution in [0.5, 0.6) is 5.75 Å². The van der Waals surface area contributed by atoms with Crippen LogP contribution in [0.4, 0.5) is 0 Å². The number of benzene rings is 1. The monoisotopic (exact) mass is 288 g/mol. The first-order chi connectivity index (χ1) is 9.77. The SMILES string of the molecule is [B]C1(O)C(c2c[nH]c3ccc(OC)cc23)CC(O)(O)N1C. The van der Waals surface area contributed by atoms with Crippen molar-refractivity contribution >= 4 is 18.7 Å². The molecule has 6 nitrogen and oxygen atoms in total. The van der Waals surface area contributed by atoms with Gasteiger partial charge in [-0.2, -0.15) is 0 Å². The van der Waals surface area contributed by atoms with E-state index in [-0.39, 0.29) is 6.42 Å². The molecule has 0 amide bonds. The topological polar surface area (TPSA) is 89.0 Å². The number of nitrogens with one attached hydrogen (secondary N) is 1. The van der Waals surface area contributed by atoms with Crippen LogP contribution in [0.1, 0.15) is 17.9 Å². The number of aromatic nitrogens is 1. The van der Waals surface area contributed by atoms with E-state index >= 15 is 0 Å². The third-order valence-corrected chi connectivity index (χ3v) is 4.36. The summed E-state index contributed by atoms with van der Waals surface area (Å²) in [5.74, 6) is -2.13. The van der Waals surface area contributed by atoms with Crippen molar-refractivity contribution in [3.8, 4) is 5.75 Å². The second-order valence-corrected chi connectivity index (χ2v) is 5.53. The van der Waals surface area contributed by atoms with Gasteiger partial charge >= 0.3 is 0 Å². The van der Waals surface area contributed by atoms with E-state index in [4.69, 9.17) is 12.6 Å². The number of fused-ring (bicyclic) bond motifs is 1. The standard InChI is InChI=1S/C14H17BN2O4/c1-17-13(18,19)6-11(14(17,15)20)10-7-16-12-4-3-8(21-2)5-9(10)12/h3-5,7,11,16,18-20H,6H2,1-2H3. The summed E-state index contributed by atoms with van der Waals surface area (Å²) >= 11 is 0. The lowest BCUT2D eigenvalue weighted by atomic mass is 9.76. The van der Waals surface area contributed by atoms with Gasteiger partial charge in [0, 0.05) is 29.4 Å². The summed E-state index contributed by atoms with van der Waals surface area (Å²) in [6, 6.07) is 5.50. The van der Waals surface area contributed by atoms with Crippen molar-refractivity contribution in [1.82, 2.24) is 9.88 Å². The van der Waals surface area contributed by atoms with Crippen LogP contribution in [0, 0.1) is 0 Å². The Kier molecular flexibility index (Phi) is 3.07. The molecule has 2 atom stereocenters. The van der Waals surface area contributed by atoms with Crippen molar-refractivity contribution in [2.75, 3.05) is 14.2 Å². The van der Waals surface area contributed by atoms with Gasteiger partial charge in [0.1, 0.15) is 13.6 Å². The van der Waals surface area contributed by atoms with Crippen LogP contribution in [-0.4, -0.2) is 58.7 Å². The quantitative estimate of drug-likeness (QED) is 0.463. The van der Waals surface area contributed by atoms with Crippen molar-refractivity contribution in [2.24, 2.45) is 0 Å². The van der Waals surface area contributed by atoms with E-state index in [2.05, 4.69) is 4.98 Å². The van der Waals surface area contributed by atoms with Crippen LogP contribution in [0.15, 0.2) is 24.4 Å². The van der Waals surface area contributed by atoms with E-state index in [0.29, 0.717) is 11.3 Å². The van der Waals surface area contributed by atoms with E-state index < -0.39 is 17.5 Å². The molecule has 1 aromatic carbocycles. The molecule has 4 N–H and O–H groups in total. The third kappa shape index (κ3) is 2.05. The zero-order valence-electron chi connectivity index (χ0n) is 11.9. The number of likely N-dealkylation sites (N-methyl/N-ethyl adjacent to an activating group) is 1. The highest BCUT2D eigenvalue weighted by Crippen LogP contribution is 2.46. The Hall–Kier alpha value is -1.54. The summed E-state index contributed by atoms with van der Waals surface area (Å²) in [5.41, 5.74) is -0.287. The summed E-state index contributed by atoms with van der Waals surface area (Å²) < 4.78 is 5.21. The molecule has 1 saturated heterocycles. The van der Waals surface area contributed by atoms with Crippen molar-refractivity contribution in [1.29, 1.82) is 0 Å². The number of methoxy groups -OCH3 is 1. The molecule has 0 spiro atoms. The summed E-state index contributed by atoms with van der Waals surface area (Å²) in [4.78, 5) is 4.05. The Morgan fingerprint density at radius 1 is 1.38 bits per heavy atom. The van der Waals surface area contributed by atoms with Gasteiger partial charge in [-0.25, -0.2) is 4.90 Å². The first-order valence-electron chi connectivity index (χ1n) is 6.62. The molecule has 2 heterocycles. The molecule has 110 valence electrons. The fraction of sp³-hybridized carbons (Fsp3) is 0.429. The molecule has 0 saturated carbocycles. The van der Waals surface area contributed by atoms with E-state index in [9.17, 15) is 15.3 Å². The zero-order chi connectivity index (χ0) is 15.4. The van der Waals surface area contributed by atoms with Gasteiger partial charge in [0.2, 0.25) is 5.91 Å². The van der Waals surface area contributed by atoms with Gasteiger partial charge in [-0.05, 0) is 30.8 Å². The maximum absolute atomic E-state index is 10.5. The normalized spacial score (nSPS) is 29.1. The maximum Gasteiger partial charge on any atom is 0.227 e. The maximum atomic E-state index is 10.5.